The van der Waals surface area contributed by atoms with Gasteiger partial charge in [-0.25, -0.2) is 0 Å². The van der Waals surface area contributed by atoms with Gasteiger partial charge in [-0.2, -0.15) is 13.2 Å². The topological polar surface area (TPSA) is 72.2 Å². The molecule has 0 spiro atoms. The van der Waals surface area contributed by atoms with Gasteiger partial charge in [-0.15, -0.1) is 0 Å². The summed E-state index contributed by atoms with van der Waals surface area (Å²) in [5.74, 6) is -0.236. The first-order valence-corrected chi connectivity index (χ1v) is 7.63. The summed E-state index contributed by atoms with van der Waals surface area (Å²) in [5.41, 5.74) is 4.57. The molecule has 0 aromatic heterocycles. The van der Waals surface area contributed by atoms with Gasteiger partial charge < -0.3 is 11.1 Å². The molecule has 1 aromatic rings. The highest BCUT2D eigenvalue weighted by atomic mass is 32.2. The minimum atomic E-state index is -4.48. The Balaban J connectivity index is 2.67. The number of nitrogens with one attached hydrogen (secondary N) is 1. The molecule has 0 aliphatic rings. The molecule has 8 heteroatoms. The minimum absolute atomic E-state index is 0.0191. The fourth-order valence-corrected chi connectivity index (χ4v) is 2.35. The Morgan fingerprint density at radius 3 is 2.48 bits per heavy atom. The van der Waals surface area contributed by atoms with Crippen LogP contribution in [0, 0.1) is 0 Å². The zero-order valence-electron chi connectivity index (χ0n) is 11.7. The third-order valence-corrected chi connectivity index (χ3v) is 4.37. The van der Waals surface area contributed by atoms with E-state index in [-0.39, 0.29) is 28.8 Å². The smallest absolute Gasteiger partial charge is 0.397 e. The zero-order chi connectivity index (χ0) is 16.2. The second-order valence-corrected chi connectivity index (χ2v) is 6.84. The number of alkyl halides is 3. The second-order valence-electron chi connectivity index (χ2n) is 4.73. The predicted octanol–water partition coefficient (Wildman–Crippen LogP) is 2.77. The molecule has 0 radical (unpaired) electrons. The number of rotatable bonds is 5. The van der Waals surface area contributed by atoms with Crippen LogP contribution in [0.15, 0.2) is 18.2 Å². The maximum absolute atomic E-state index is 12.5. The maximum atomic E-state index is 12.5. The number of benzene rings is 1. The molecule has 21 heavy (non-hydrogen) atoms. The Kier molecular flexibility index (Phi) is 5.77. The summed E-state index contributed by atoms with van der Waals surface area (Å²) in [6.07, 6.45) is -4.46. The fourth-order valence-electron chi connectivity index (χ4n) is 1.49. The Morgan fingerprint density at radius 2 is 2.00 bits per heavy atom. The van der Waals surface area contributed by atoms with Gasteiger partial charge in [0, 0.05) is 28.2 Å². The quantitative estimate of drug-likeness (QED) is 0.819. The zero-order valence-corrected chi connectivity index (χ0v) is 12.5. The molecule has 1 rings (SSSR count). The van der Waals surface area contributed by atoms with Gasteiger partial charge in [0.1, 0.15) is 0 Å². The first kappa shape index (κ1) is 17.5. The van der Waals surface area contributed by atoms with Crippen LogP contribution < -0.4 is 11.1 Å². The number of amides is 1. The van der Waals surface area contributed by atoms with Gasteiger partial charge in [0.2, 0.25) is 5.91 Å². The van der Waals surface area contributed by atoms with Crippen molar-refractivity contribution in [3.63, 3.8) is 0 Å². The van der Waals surface area contributed by atoms with E-state index in [0.717, 1.165) is 18.2 Å². The van der Waals surface area contributed by atoms with Gasteiger partial charge in [0.15, 0.2) is 0 Å². The molecule has 0 fully saturated rings. The van der Waals surface area contributed by atoms with Crippen LogP contribution in [0.4, 0.5) is 24.5 Å². The summed E-state index contributed by atoms with van der Waals surface area (Å²) in [6, 6.07) is 2.72. The van der Waals surface area contributed by atoms with Gasteiger partial charge in [-0.3, -0.25) is 9.00 Å². The molecule has 118 valence electrons. The lowest BCUT2D eigenvalue weighted by molar-refractivity contribution is -0.137. The highest BCUT2D eigenvalue weighted by molar-refractivity contribution is 7.85. The van der Waals surface area contributed by atoms with E-state index in [1.165, 1.54) is 0 Å². The molecule has 0 heterocycles. The molecule has 0 bridgehead atoms. The van der Waals surface area contributed by atoms with Crippen LogP contribution >= 0.6 is 0 Å². The Hall–Kier alpha value is -1.57. The van der Waals surface area contributed by atoms with E-state index in [1.807, 2.05) is 0 Å². The lowest BCUT2D eigenvalue weighted by atomic mass is 10.1. The van der Waals surface area contributed by atoms with Crippen LogP contribution in [0.3, 0.4) is 0 Å². The van der Waals surface area contributed by atoms with Crippen LogP contribution in [-0.4, -0.2) is 21.1 Å². The molecular weight excluding hydrogens is 305 g/mol. The number of hydrogen-bond acceptors (Lipinski definition) is 3. The largest absolute Gasteiger partial charge is 0.416 e. The predicted molar refractivity (Wildman–Crippen MR) is 77.2 cm³/mol. The van der Waals surface area contributed by atoms with E-state index >= 15 is 0 Å². The van der Waals surface area contributed by atoms with Gasteiger partial charge in [0.05, 0.1) is 16.9 Å². The molecule has 1 amide bonds. The van der Waals surface area contributed by atoms with Crippen LogP contribution in [0.25, 0.3) is 0 Å². The highest BCUT2D eigenvalue weighted by Gasteiger charge is 2.30. The Bertz CT molecular complexity index is 545. The van der Waals surface area contributed by atoms with Gasteiger partial charge >= 0.3 is 6.18 Å². The number of anilines is 2. The average Bonchev–Trinajstić information content (AvgIpc) is 2.36. The van der Waals surface area contributed by atoms with Crippen molar-refractivity contribution in [2.24, 2.45) is 0 Å². The second kappa shape index (κ2) is 6.93. The summed E-state index contributed by atoms with van der Waals surface area (Å²) in [6.45, 7) is 3.56. The third-order valence-electron chi connectivity index (χ3n) is 2.71. The average molecular weight is 322 g/mol. The van der Waals surface area contributed by atoms with E-state index in [0.29, 0.717) is 0 Å². The van der Waals surface area contributed by atoms with Crippen LogP contribution in [0.1, 0.15) is 25.8 Å². The number of carbonyl (C=O) groups excluding carboxylic acids is 1. The Morgan fingerprint density at radius 1 is 1.38 bits per heavy atom. The number of nitrogens with two attached hydrogens (primary N) is 1. The summed E-state index contributed by atoms with van der Waals surface area (Å²) >= 11 is 0. The lowest BCUT2D eigenvalue weighted by Crippen LogP contribution is -2.18. The van der Waals surface area contributed by atoms with E-state index in [9.17, 15) is 22.2 Å². The highest BCUT2D eigenvalue weighted by Crippen LogP contribution is 2.32. The van der Waals surface area contributed by atoms with Crippen molar-refractivity contribution < 1.29 is 22.2 Å². The molecular formula is C13H17F3N2O2S. The maximum Gasteiger partial charge on any atom is 0.416 e. The van der Waals surface area contributed by atoms with Crippen molar-refractivity contribution in [2.45, 2.75) is 31.7 Å². The van der Waals surface area contributed by atoms with E-state index in [4.69, 9.17) is 5.73 Å². The van der Waals surface area contributed by atoms with Crippen molar-refractivity contribution >= 4 is 28.1 Å². The van der Waals surface area contributed by atoms with Crippen molar-refractivity contribution in [3.05, 3.63) is 23.8 Å². The first-order valence-electron chi connectivity index (χ1n) is 6.25. The summed E-state index contributed by atoms with van der Waals surface area (Å²) < 4.78 is 48.9. The summed E-state index contributed by atoms with van der Waals surface area (Å²) in [5, 5.41) is 2.37. The molecule has 0 aliphatic carbocycles. The SMILES string of the molecule is CC(C)S(=O)CCC(=O)Nc1ccc(C(F)(F)F)cc1N. The van der Waals surface area contributed by atoms with E-state index in [2.05, 4.69) is 5.32 Å². The van der Waals surface area contributed by atoms with Crippen molar-refractivity contribution in [1.82, 2.24) is 0 Å². The molecule has 0 saturated heterocycles. The minimum Gasteiger partial charge on any atom is -0.397 e. The standard InChI is InChI=1S/C13H17F3N2O2S/c1-8(2)21(20)6-5-12(19)18-11-4-3-9(7-10(11)17)13(14,15)16/h3-4,7-8H,5-6,17H2,1-2H3,(H,18,19). The monoisotopic (exact) mass is 322 g/mol. The van der Waals surface area contributed by atoms with Crippen LogP contribution in [-0.2, 0) is 21.8 Å². The number of carbonyl (C=O) groups is 1. The van der Waals surface area contributed by atoms with Gasteiger partial charge in [-0.05, 0) is 18.2 Å². The number of nitrogen functional groups attached to an aromatic ring is 1. The lowest BCUT2D eigenvalue weighted by Gasteiger charge is -2.12. The molecule has 4 nitrogen and oxygen atoms in total. The number of halogens is 3. The normalized spacial score (nSPS) is 13.2. The van der Waals surface area contributed by atoms with Gasteiger partial charge in [-0.1, -0.05) is 13.8 Å². The fraction of sp³-hybridized carbons (Fsp3) is 0.462. The number of hydrogen-bond donors (Lipinski definition) is 2. The molecule has 0 saturated carbocycles. The summed E-state index contributed by atoms with van der Waals surface area (Å²) in [7, 11) is -1.11. The van der Waals surface area contributed by atoms with Crippen molar-refractivity contribution in [1.29, 1.82) is 0 Å². The Labute approximate surface area is 123 Å². The van der Waals surface area contributed by atoms with E-state index in [1.54, 1.807) is 13.8 Å². The van der Waals surface area contributed by atoms with E-state index < -0.39 is 28.4 Å². The van der Waals surface area contributed by atoms with Gasteiger partial charge in [0.25, 0.3) is 0 Å². The summed E-state index contributed by atoms with van der Waals surface area (Å²) in [4.78, 5) is 11.7. The van der Waals surface area contributed by atoms with Crippen LogP contribution in [0.2, 0.25) is 0 Å². The molecule has 3 N–H and O–H groups in total. The first-order chi connectivity index (χ1) is 9.61. The van der Waals surface area contributed by atoms with Crippen molar-refractivity contribution in [2.75, 3.05) is 16.8 Å². The molecule has 0 aliphatic heterocycles. The third kappa shape index (κ3) is 5.37. The molecule has 1 aromatic carbocycles. The van der Waals surface area contributed by atoms with Crippen molar-refractivity contribution in [3.8, 4) is 0 Å². The van der Waals surface area contributed by atoms with Crippen LogP contribution in [0.5, 0.6) is 0 Å². The molecule has 1 unspecified atom stereocenters. The molecule has 1 atom stereocenters.